The highest BCUT2D eigenvalue weighted by atomic mass is 32.2. The first-order valence-corrected chi connectivity index (χ1v) is 9.15. The first-order chi connectivity index (χ1) is 10.8. The highest BCUT2D eigenvalue weighted by Crippen LogP contribution is 2.39. The van der Waals surface area contributed by atoms with Crippen molar-refractivity contribution in [3.05, 3.63) is 64.7 Å². The van der Waals surface area contributed by atoms with E-state index >= 15 is 0 Å². The van der Waals surface area contributed by atoms with Gasteiger partial charge in [0, 0.05) is 6.26 Å². The number of fused-ring (bicyclic) bond motifs is 1. The third-order valence-electron chi connectivity index (χ3n) is 4.14. The number of hydrogen-bond acceptors (Lipinski definition) is 2. The van der Waals surface area contributed by atoms with Crippen LogP contribution < -0.4 is 0 Å². The summed E-state index contributed by atoms with van der Waals surface area (Å²) < 4.78 is 49.9. The van der Waals surface area contributed by atoms with E-state index in [9.17, 15) is 17.2 Å². The minimum absolute atomic E-state index is 0.154. The Bertz CT molecular complexity index is 897. The van der Waals surface area contributed by atoms with Gasteiger partial charge in [-0.2, -0.15) is 0 Å². The fourth-order valence-corrected chi connectivity index (χ4v) is 3.57. The average Bonchev–Trinajstić information content (AvgIpc) is 2.75. The van der Waals surface area contributed by atoms with Gasteiger partial charge in [-0.15, -0.1) is 0 Å². The lowest BCUT2D eigenvalue weighted by molar-refractivity contribution is 0.507. The summed E-state index contributed by atoms with van der Waals surface area (Å²) in [7, 11) is -3.23. The van der Waals surface area contributed by atoms with E-state index in [-0.39, 0.29) is 10.8 Å². The van der Waals surface area contributed by atoms with Crippen LogP contribution >= 0.6 is 0 Å². The summed E-state index contributed by atoms with van der Waals surface area (Å²) in [6.07, 6.45) is 3.73. The highest BCUT2D eigenvalue weighted by molar-refractivity contribution is 7.90. The molecule has 0 radical (unpaired) electrons. The fraction of sp³-hybridized carbons (Fsp3) is 0.222. The first-order valence-electron chi connectivity index (χ1n) is 7.25. The van der Waals surface area contributed by atoms with Gasteiger partial charge < -0.3 is 0 Å². The molecular weight excluding hydrogens is 318 g/mol. The van der Waals surface area contributed by atoms with Crippen molar-refractivity contribution < 1.29 is 17.2 Å². The van der Waals surface area contributed by atoms with Gasteiger partial charge in [-0.1, -0.05) is 25.1 Å². The van der Waals surface area contributed by atoms with E-state index in [4.69, 9.17) is 0 Å². The molecule has 0 amide bonds. The number of sulfone groups is 1. The molecule has 3 rings (SSSR count). The topological polar surface area (TPSA) is 34.1 Å². The Morgan fingerprint density at radius 3 is 2.30 bits per heavy atom. The van der Waals surface area contributed by atoms with Crippen molar-refractivity contribution in [2.24, 2.45) is 5.92 Å². The van der Waals surface area contributed by atoms with Crippen molar-refractivity contribution in [2.45, 2.75) is 18.2 Å². The number of allylic oxidation sites excluding steroid dienone is 1. The Labute approximate surface area is 134 Å². The molecule has 0 aromatic heterocycles. The molecule has 2 nitrogen and oxygen atoms in total. The lowest BCUT2D eigenvalue weighted by Crippen LogP contribution is -1.96. The third kappa shape index (κ3) is 3.06. The predicted octanol–water partition coefficient (Wildman–Crippen LogP) is 4.10. The minimum atomic E-state index is -3.23. The van der Waals surface area contributed by atoms with Crippen LogP contribution in [0.5, 0.6) is 0 Å². The van der Waals surface area contributed by atoms with E-state index in [2.05, 4.69) is 0 Å². The van der Waals surface area contributed by atoms with Gasteiger partial charge in [-0.3, -0.25) is 0 Å². The summed E-state index contributed by atoms with van der Waals surface area (Å²) >= 11 is 0. The largest absolute Gasteiger partial charge is 0.224 e. The van der Waals surface area contributed by atoms with Gasteiger partial charge in [0.05, 0.1) is 4.90 Å². The zero-order valence-electron chi connectivity index (χ0n) is 12.8. The summed E-state index contributed by atoms with van der Waals surface area (Å²) in [4.78, 5) is 0.257. The third-order valence-corrected chi connectivity index (χ3v) is 5.27. The molecule has 0 fully saturated rings. The molecule has 0 bridgehead atoms. The van der Waals surface area contributed by atoms with E-state index in [0.717, 1.165) is 28.5 Å². The molecule has 0 spiro atoms. The Hall–Kier alpha value is -2.01. The molecule has 1 unspecified atom stereocenters. The lowest BCUT2D eigenvalue weighted by atomic mass is 9.99. The molecule has 0 N–H and O–H groups in total. The van der Waals surface area contributed by atoms with Crippen LogP contribution in [0.3, 0.4) is 0 Å². The van der Waals surface area contributed by atoms with Gasteiger partial charge in [0.15, 0.2) is 21.5 Å². The van der Waals surface area contributed by atoms with Crippen LogP contribution in [0.1, 0.15) is 23.6 Å². The monoisotopic (exact) mass is 334 g/mol. The molecule has 2 aromatic rings. The second-order valence-corrected chi connectivity index (χ2v) is 7.99. The number of benzene rings is 2. The minimum Gasteiger partial charge on any atom is -0.224 e. The molecule has 2 aromatic carbocycles. The fourth-order valence-electron chi connectivity index (χ4n) is 2.94. The van der Waals surface area contributed by atoms with Crippen LogP contribution in [-0.4, -0.2) is 14.7 Å². The molecule has 0 saturated carbocycles. The maximum Gasteiger partial charge on any atom is 0.175 e. The van der Waals surface area contributed by atoms with Crippen LogP contribution in [0.4, 0.5) is 8.78 Å². The number of hydrogen-bond donors (Lipinski definition) is 0. The van der Waals surface area contributed by atoms with E-state index in [1.54, 1.807) is 24.3 Å². The molecule has 1 atom stereocenters. The first kappa shape index (κ1) is 15.9. The molecule has 0 aliphatic heterocycles. The maximum atomic E-state index is 13.5. The Kier molecular flexibility index (Phi) is 3.84. The summed E-state index contributed by atoms with van der Waals surface area (Å²) in [6.45, 7) is 2.01. The molecule has 23 heavy (non-hydrogen) atoms. The summed E-state index contributed by atoms with van der Waals surface area (Å²) in [5.74, 6) is -1.52. The Morgan fingerprint density at radius 1 is 1.09 bits per heavy atom. The lowest BCUT2D eigenvalue weighted by Gasteiger charge is -2.07. The van der Waals surface area contributed by atoms with Crippen molar-refractivity contribution in [2.75, 3.05) is 6.26 Å². The summed E-state index contributed by atoms with van der Waals surface area (Å²) in [5, 5.41) is 0. The zero-order valence-corrected chi connectivity index (χ0v) is 13.6. The van der Waals surface area contributed by atoms with Crippen molar-refractivity contribution in [1.82, 2.24) is 0 Å². The van der Waals surface area contributed by atoms with Gasteiger partial charge in [0.1, 0.15) is 0 Å². The maximum absolute atomic E-state index is 13.5. The van der Waals surface area contributed by atoms with Gasteiger partial charge in [-0.05, 0) is 58.9 Å². The van der Waals surface area contributed by atoms with Crippen LogP contribution in [0.2, 0.25) is 0 Å². The molecule has 0 heterocycles. The molecule has 0 saturated heterocycles. The van der Waals surface area contributed by atoms with Crippen molar-refractivity contribution in [3.8, 4) is 0 Å². The molecule has 5 heteroatoms. The zero-order chi connectivity index (χ0) is 16.8. The van der Waals surface area contributed by atoms with Gasteiger partial charge in [0.2, 0.25) is 0 Å². The predicted molar refractivity (Wildman–Crippen MR) is 86.6 cm³/mol. The van der Waals surface area contributed by atoms with Crippen LogP contribution in [0.25, 0.3) is 11.6 Å². The molecule has 1 aliphatic rings. The van der Waals surface area contributed by atoms with Crippen molar-refractivity contribution in [3.63, 3.8) is 0 Å². The SMILES string of the molecule is CC1Cc2cc(F)c(F)cc2/C1=C/c1ccc(S(C)(=O)=O)cc1. The van der Waals surface area contributed by atoms with E-state index in [0.29, 0.717) is 6.42 Å². The van der Waals surface area contributed by atoms with Crippen LogP contribution in [0, 0.1) is 17.6 Å². The highest BCUT2D eigenvalue weighted by Gasteiger charge is 2.25. The van der Waals surface area contributed by atoms with Gasteiger partial charge in [0.25, 0.3) is 0 Å². The van der Waals surface area contributed by atoms with E-state index in [1.807, 2.05) is 13.0 Å². The molecule has 1 aliphatic carbocycles. The summed E-state index contributed by atoms with van der Waals surface area (Å²) in [5.41, 5.74) is 3.29. The summed E-state index contributed by atoms with van der Waals surface area (Å²) in [6, 6.07) is 9.03. The van der Waals surface area contributed by atoms with Crippen molar-refractivity contribution >= 4 is 21.5 Å². The second kappa shape index (κ2) is 5.57. The number of rotatable bonds is 2. The van der Waals surface area contributed by atoms with Crippen LogP contribution in [-0.2, 0) is 16.3 Å². The Morgan fingerprint density at radius 2 is 1.70 bits per heavy atom. The molecule has 120 valence electrons. The average molecular weight is 334 g/mol. The second-order valence-electron chi connectivity index (χ2n) is 5.97. The number of halogens is 2. The quantitative estimate of drug-likeness (QED) is 0.828. The normalized spacial score (nSPS) is 19.1. The smallest absolute Gasteiger partial charge is 0.175 e. The van der Waals surface area contributed by atoms with Gasteiger partial charge >= 0.3 is 0 Å². The van der Waals surface area contributed by atoms with Gasteiger partial charge in [-0.25, -0.2) is 17.2 Å². The van der Waals surface area contributed by atoms with Crippen molar-refractivity contribution in [1.29, 1.82) is 0 Å². The van der Waals surface area contributed by atoms with E-state index in [1.165, 1.54) is 12.1 Å². The Balaban J connectivity index is 2.02. The standard InChI is InChI=1S/C18H16F2O2S/c1-11-7-13-9-17(19)18(20)10-16(13)15(11)8-12-3-5-14(6-4-12)23(2,21)22/h3-6,8-11H,7H2,1-2H3/b15-8+. The molecular formula is C18H16F2O2S. The van der Waals surface area contributed by atoms with Crippen LogP contribution in [0.15, 0.2) is 41.3 Å². The van der Waals surface area contributed by atoms with E-state index < -0.39 is 21.5 Å².